The summed E-state index contributed by atoms with van der Waals surface area (Å²) in [6.07, 6.45) is 0.702. The molecule has 2 aliphatic heterocycles. The predicted octanol–water partition coefficient (Wildman–Crippen LogP) is -0.0769. The second kappa shape index (κ2) is 1.68. The Balaban J connectivity index is 1.99. The Morgan fingerprint density at radius 1 is 1.33 bits per heavy atom. The minimum Gasteiger partial charge on any atom is -0.341 e. The van der Waals surface area contributed by atoms with E-state index in [0.29, 0.717) is 12.0 Å². The van der Waals surface area contributed by atoms with Gasteiger partial charge in [0.15, 0.2) is 6.29 Å². The van der Waals surface area contributed by atoms with Gasteiger partial charge in [0.2, 0.25) is 0 Å². The lowest BCUT2D eigenvalue weighted by Crippen LogP contribution is -2.32. The average molecular weight is 129 g/mol. The van der Waals surface area contributed by atoms with Crippen LogP contribution in [0.25, 0.3) is 0 Å². The van der Waals surface area contributed by atoms with Crippen molar-refractivity contribution in [3.8, 4) is 0 Å². The van der Waals surface area contributed by atoms with E-state index in [4.69, 9.17) is 9.47 Å². The first-order valence-corrected chi connectivity index (χ1v) is 3.31. The molecule has 2 aliphatic rings. The topological polar surface area (TPSA) is 33.8 Å². The first-order valence-electron chi connectivity index (χ1n) is 3.31. The van der Waals surface area contributed by atoms with Gasteiger partial charge in [0, 0.05) is 5.92 Å². The van der Waals surface area contributed by atoms with Gasteiger partial charge in [-0.25, -0.2) is 0 Å². The Hall–Kier alpha value is -0.120. The van der Waals surface area contributed by atoms with Gasteiger partial charge < -0.3 is 9.47 Å². The lowest BCUT2D eigenvalue weighted by molar-refractivity contribution is -0.0451. The van der Waals surface area contributed by atoms with Crippen LogP contribution in [-0.2, 0) is 9.47 Å². The molecule has 2 saturated heterocycles. The van der Waals surface area contributed by atoms with Gasteiger partial charge in [0.25, 0.3) is 0 Å². The minimum absolute atomic E-state index is 0.109. The normalized spacial score (nSPS) is 55.3. The predicted molar refractivity (Wildman–Crippen MR) is 31.8 cm³/mol. The summed E-state index contributed by atoms with van der Waals surface area (Å²) in [7, 11) is 1.91. The molecule has 3 heteroatoms. The molecule has 0 aliphatic carbocycles. The van der Waals surface area contributed by atoms with Crippen LogP contribution in [0.15, 0.2) is 0 Å². The molecule has 9 heavy (non-hydrogen) atoms. The summed E-state index contributed by atoms with van der Waals surface area (Å²) in [6.45, 7) is 2.14. The van der Waals surface area contributed by atoms with Gasteiger partial charge in [0.1, 0.15) is 12.3 Å². The zero-order valence-electron chi connectivity index (χ0n) is 5.63. The van der Waals surface area contributed by atoms with Crippen molar-refractivity contribution in [1.82, 2.24) is 5.32 Å². The first-order chi connectivity index (χ1) is 4.33. The van der Waals surface area contributed by atoms with Crippen LogP contribution in [-0.4, -0.2) is 25.7 Å². The quantitative estimate of drug-likeness (QED) is 0.503. The number of fused-ring (bicyclic) bond motifs is 1. The van der Waals surface area contributed by atoms with E-state index in [1.807, 2.05) is 7.05 Å². The number of rotatable bonds is 1. The van der Waals surface area contributed by atoms with Gasteiger partial charge in [-0.2, -0.15) is 0 Å². The third-order valence-corrected chi connectivity index (χ3v) is 2.04. The summed E-state index contributed by atoms with van der Waals surface area (Å²) < 4.78 is 10.5. The summed E-state index contributed by atoms with van der Waals surface area (Å²) in [4.78, 5) is 0. The smallest absolute Gasteiger partial charge is 0.186 e. The molecule has 2 rings (SSSR count). The van der Waals surface area contributed by atoms with Crippen LogP contribution in [0.5, 0.6) is 0 Å². The Morgan fingerprint density at radius 3 is 2.44 bits per heavy atom. The molecule has 0 aromatic carbocycles. The fourth-order valence-corrected chi connectivity index (χ4v) is 1.36. The highest BCUT2D eigenvalue weighted by Gasteiger charge is 2.54. The van der Waals surface area contributed by atoms with Crippen molar-refractivity contribution in [2.75, 3.05) is 7.05 Å². The van der Waals surface area contributed by atoms with Crippen LogP contribution in [0.1, 0.15) is 6.92 Å². The molecule has 0 bridgehead atoms. The van der Waals surface area contributed by atoms with Crippen molar-refractivity contribution in [1.29, 1.82) is 0 Å². The standard InChI is InChI=1S/C6H11NO2/c1-3-4-6(8-4)9-5(3)7-2/h3-7H,1-2H3/t3-,4?,5+,6?/m1/s1. The van der Waals surface area contributed by atoms with Crippen molar-refractivity contribution in [3.63, 3.8) is 0 Å². The Bertz CT molecular complexity index is 128. The van der Waals surface area contributed by atoms with Crippen molar-refractivity contribution >= 4 is 0 Å². The molecule has 0 amide bonds. The van der Waals surface area contributed by atoms with Crippen molar-refractivity contribution in [2.24, 2.45) is 5.92 Å². The molecule has 1 N–H and O–H groups in total. The van der Waals surface area contributed by atoms with Crippen LogP contribution in [0, 0.1) is 5.92 Å². The lowest BCUT2D eigenvalue weighted by Gasteiger charge is -2.15. The molecule has 2 unspecified atom stereocenters. The van der Waals surface area contributed by atoms with E-state index >= 15 is 0 Å². The zero-order valence-corrected chi connectivity index (χ0v) is 5.63. The van der Waals surface area contributed by atoms with E-state index in [-0.39, 0.29) is 12.5 Å². The van der Waals surface area contributed by atoms with Gasteiger partial charge >= 0.3 is 0 Å². The highest BCUT2D eigenvalue weighted by atomic mass is 16.8. The third-order valence-electron chi connectivity index (χ3n) is 2.04. The van der Waals surface area contributed by atoms with Crippen LogP contribution in [0.4, 0.5) is 0 Å². The van der Waals surface area contributed by atoms with Gasteiger partial charge in [-0.3, -0.25) is 5.32 Å². The summed E-state index contributed by atoms with van der Waals surface area (Å²) in [5.74, 6) is 0.514. The summed E-state index contributed by atoms with van der Waals surface area (Å²) in [5, 5.41) is 3.07. The number of ether oxygens (including phenoxy) is 2. The first kappa shape index (κ1) is 5.65. The molecule has 4 atom stereocenters. The lowest BCUT2D eigenvalue weighted by atomic mass is 10.1. The molecule has 0 radical (unpaired) electrons. The second-order valence-electron chi connectivity index (χ2n) is 2.67. The maximum Gasteiger partial charge on any atom is 0.186 e. The number of hydrogen-bond donors (Lipinski definition) is 1. The zero-order chi connectivity index (χ0) is 6.43. The van der Waals surface area contributed by atoms with E-state index in [0.717, 1.165) is 0 Å². The molecule has 52 valence electrons. The molecular formula is C6H11NO2. The summed E-state index contributed by atoms with van der Waals surface area (Å²) in [6, 6.07) is 0. The number of epoxide rings is 1. The van der Waals surface area contributed by atoms with E-state index in [1.165, 1.54) is 0 Å². The van der Waals surface area contributed by atoms with Gasteiger partial charge in [-0.05, 0) is 7.05 Å². The second-order valence-corrected chi connectivity index (χ2v) is 2.67. The summed E-state index contributed by atoms with van der Waals surface area (Å²) in [5.41, 5.74) is 0. The van der Waals surface area contributed by atoms with Gasteiger partial charge in [0.05, 0.1) is 0 Å². The SMILES string of the molecule is CN[C@H]1OC2OC2[C@H]1C. The molecule has 2 heterocycles. The molecule has 0 aromatic heterocycles. The average Bonchev–Trinajstić information content (AvgIpc) is 2.55. The largest absolute Gasteiger partial charge is 0.341 e. The molecular weight excluding hydrogens is 118 g/mol. The Labute approximate surface area is 54.3 Å². The maximum absolute atomic E-state index is 5.36. The maximum atomic E-state index is 5.36. The molecule has 0 aromatic rings. The van der Waals surface area contributed by atoms with E-state index in [1.54, 1.807) is 0 Å². The summed E-state index contributed by atoms with van der Waals surface area (Å²) >= 11 is 0. The van der Waals surface area contributed by atoms with Crippen molar-refractivity contribution in [3.05, 3.63) is 0 Å². The Morgan fingerprint density at radius 2 is 2.11 bits per heavy atom. The highest BCUT2D eigenvalue weighted by Crippen LogP contribution is 2.40. The highest BCUT2D eigenvalue weighted by molar-refractivity contribution is 4.92. The van der Waals surface area contributed by atoms with E-state index in [2.05, 4.69) is 12.2 Å². The fraction of sp³-hybridized carbons (Fsp3) is 1.00. The monoisotopic (exact) mass is 129 g/mol. The van der Waals surface area contributed by atoms with Crippen LogP contribution in [0.2, 0.25) is 0 Å². The van der Waals surface area contributed by atoms with Crippen molar-refractivity contribution in [2.45, 2.75) is 25.5 Å². The fourth-order valence-electron chi connectivity index (χ4n) is 1.36. The van der Waals surface area contributed by atoms with Crippen LogP contribution < -0.4 is 5.32 Å². The van der Waals surface area contributed by atoms with Gasteiger partial charge in [-0.15, -0.1) is 0 Å². The number of nitrogens with one attached hydrogen (secondary N) is 1. The minimum atomic E-state index is 0.109. The third kappa shape index (κ3) is 0.689. The van der Waals surface area contributed by atoms with E-state index in [9.17, 15) is 0 Å². The molecule has 3 nitrogen and oxygen atoms in total. The number of hydrogen-bond acceptors (Lipinski definition) is 3. The van der Waals surface area contributed by atoms with Gasteiger partial charge in [-0.1, -0.05) is 6.92 Å². The molecule has 0 saturated carbocycles. The van der Waals surface area contributed by atoms with Crippen LogP contribution in [0.3, 0.4) is 0 Å². The molecule has 0 spiro atoms. The Kier molecular flexibility index (Phi) is 1.06. The molecule has 2 fully saturated rings. The van der Waals surface area contributed by atoms with E-state index < -0.39 is 0 Å². The van der Waals surface area contributed by atoms with Crippen LogP contribution >= 0.6 is 0 Å². The van der Waals surface area contributed by atoms with Crippen molar-refractivity contribution < 1.29 is 9.47 Å².